The minimum atomic E-state index is 0.514. The van der Waals surface area contributed by atoms with Gasteiger partial charge in [-0.05, 0) is 6.92 Å². The Morgan fingerprint density at radius 1 is 1.50 bits per heavy atom. The van der Waals surface area contributed by atoms with Gasteiger partial charge >= 0.3 is 5.82 Å². The Morgan fingerprint density at radius 2 is 2.10 bits per heavy atom. The zero-order chi connectivity index (χ0) is 7.72. The first kappa shape index (κ1) is 6.80. The third-order valence-electron chi connectivity index (χ3n) is 1.46. The topological polar surface area (TPSA) is 68.8 Å². The number of nitrogens with zero attached hydrogens (tertiary/aromatic N) is 2. The summed E-state index contributed by atoms with van der Waals surface area (Å²) in [4.78, 5) is 4.01. The van der Waals surface area contributed by atoms with Gasteiger partial charge < -0.3 is 0 Å². The van der Waals surface area contributed by atoms with Gasteiger partial charge in [-0.25, -0.2) is 4.98 Å². The predicted octanol–water partition coefficient (Wildman–Crippen LogP) is -0.718. The summed E-state index contributed by atoms with van der Waals surface area (Å²) in [5.41, 5.74) is 7.17. The van der Waals surface area contributed by atoms with E-state index in [1.165, 1.54) is 4.68 Å². The first-order valence-corrected chi connectivity index (χ1v) is 3.01. The van der Waals surface area contributed by atoms with Gasteiger partial charge in [0.2, 0.25) is 0 Å². The minimum Gasteiger partial charge on any atom is -0.284 e. The number of aryl methyl sites for hydroxylation is 2. The van der Waals surface area contributed by atoms with E-state index >= 15 is 0 Å². The Hall–Kier alpha value is -1.32. The molecular weight excluding hydrogens is 128 g/mol. The molecule has 0 saturated carbocycles. The van der Waals surface area contributed by atoms with E-state index in [0.717, 1.165) is 11.4 Å². The number of aromatic nitrogens is 2. The van der Waals surface area contributed by atoms with Gasteiger partial charge in [-0.2, -0.15) is 0 Å². The monoisotopic (exact) mass is 139 g/mol. The average Bonchev–Trinajstić information content (AvgIpc) is 1.93. The van der Waals surface area contributed by atoms with Crippen molar-refractivity contribution in [3.05, 3.63) is 17.6 Å². The van der Waals surface area contributed by atoms with Crippen LogP contribution in [0.5, 0.6) is 0 Å². The third kappa shape index (κ3) is 0.877. The van der Waals surface area contributed by atoms with Crippen molar-refractivity contribution in [1.29, 1.82) is 0 Å². The largest absolute Gasteiger partial charge is 0.317 e. The van der Waals surface area contributed by atoms with Crippen LogP contribution in [0.25, 0.3) is 0 Å². The molecule has 4 N–H and O–H groups in total. The molecule has 0 radical (unpaired) electrons. The highest BCUT2D eigenvalue weighted by atomic mass is 15.3. The molecule has 0 unspecified atom stereocenters. The highest BCUT2D eigenvalue weighted by Crippen LogP contribution is 1.97. The van der Waals surface area contributed by atoms with Crippen LogP contribution in [0.2, 0.25) is 0 Å². The Balaban J connectivity index is 3.34. The van der Waals surface area contributed by atoms with E-state index in [4.69, 9.17) is 11.6 Å². The molecule has 0 aliphatic rings. The fourth-order valence-corrected chi connectivity index (χ4v) is 0.683. The molecule has 0 aliphatic carbocycles. The molecule has 1 rings (SSSR count). The normalized spacial score (nSPS) is 9.80. The molecule has 0 aromatic carbocycles. The van der Waals surface area contributed by atoms with Crippen LogP contribution in [0.3, 0.4) is 0 Å². The highest BCUT2D eigenvalue weighted by molar-refractivity contribution is 5.26. The van der Waals surface area contributed by atoms with Gasteiger partial charge in [-0.3, -0.25) is 11.6 Å². The average molecular weight is 139 g/mol. The number of nitrogen functional groups attached to an aromatic ring is 2. The van der Waals surface area contributed by atoms with E-state index in [2.05, 4.69) is 4.98 Å². The fraction of sp³-hybridized carbons (Fsp3) is 0.333. The summed E-state index contributed by atoms with van der Waals surface area (Å²) in [7, 11) is 0. The Labute approximate surface area is 59.5 Å². The molecule has 4 nitrogen and oxygen atoms in total. The van der Waals surface area contributed by atoms with Gasteiger partial charge in [0.25, 0.3) is 0 Å². The van der Waals surface area contributed by atoms with Crippen LogP contribution in [0.4, 0.5) is 5.82 Å². The number of hydrogen-bond acceptors (Lipinski definition) is 3. The number of anilines is 1. The van der Waals surface area contributed by atoms with E-state index in [1.54, 1.807) is 6.20 Å². The van der Waals surface area contributed by atoms with Crippen molar-refractivity contribution in [1.82, 2.24) is 4.98 Å². The third-order valence-corrected chi connectivity index (χ3v) is 1.46. The Morgan fingerprint density at radius 3 is 2.60 bits per heavy atom. The molecule has 1 heterocycles. The lowest BCUT2D eigenvalue weighted by Crippen LogP contribution is -2.50. The summed E-state index contributed by atoms with van der Waals surface area (Å²) in [6.45, 7) is 3.67. The molecule has 10 heavy (non-hydrogen) atoms. The van der Waals surface area contributed by atoms with E-state index in [-0.39, 0.29) is 0 Å². The smallest absolute Gasteiger partial charge is 0.284 e. The summed E-state index contributed by atoms with van der Waals surface area (Å²) >= 11 is 0. The molecule has 0 bridgehead atoms. The van der Waals surface area contributed by atoms with Crippen molar-refractivity contribution >= 4 is 5.82 Å². The second kappa shape index (κ2) is 2.13. The first-order chi connectivity index (χ1) is 4.63. The van der Waals surface area contributed by atoms with Crippen molar-refractivity contribution in [2.24, 2.45) is 0 Å². The van der Waals surface area contributed by atoms with E-state index < -0.39 is 0 Å². The quantitative estimate of drug-likeness (QED) is 0.368. The molecule has 0 spiro atoms. The predicted molar refractivity (Wildman–Crippen MR) is 38.5 cm³/mol. The van der Waals surface area contributed by atoms with Crippen LogP contribution in [-0.2, 0) is 0 Å². The van der Waals surface area contributed by atoms with Gasteiger partial charge in [-0.15, -0.1) is 4.68 Å². The molecule has 0 atom stereocenters. The molecule has 54 valence electrons. The summed E-state index contributed by atoms with van der Waals surface area (Å²) < 4.78 is 1.42. The van der Waals surface area contributed by atoms with Crippen LogP contribution in [0.15, 0.2) is 6.20 Å². The van der Waals surface area contributed by atoms with E-state index in [1.807, 2.05) is 13.8 Å². The van der Waals surface area contributed by atoms with Crippen molar-refractivity contribution < 1.29 is 4.68 Å². The van der Waals surface area contributed by atoms with Crippen LogP contribution < -0.4 is 16.3 Å². The van der Waals surface area contributed by atoms with Gasteiger partial charge in [-0.1, -0.05) is 0 Å². The Bertz CT molecular complexity index is 229. The second-order valence-electron chi connectivity index (χ2n) is 2.24. The van der Waals surface area contributed by atoms with Crippen LogP contribution in [0, 0.1) is 13.8 Å². The zero-order valence-electron chi connectivity index (χ0n) is 6.13. The molecule has 4 heteroatoms. The molecule has 0 fully saturated rings. The maximum atomic E-state index is 5.56. The molecule has 1 aromatic heterocycles. The molecule has 0 amide bonds. The van der Waals surface area contributed by atoms with Crippen LogP contribution >= 0.6 is 0 Å². The van der Waals surface area contributed by atoms with Gasteiger partial charge in [0, 0.05) is 6.92 Å². The summed E-state index contributed by atoms with van der Waals surface area (Å²) in [5, 5.41) is 0. The van der Waals surface area contributed by atoms with Gasteiger partial charge in [0.15, 0.2) is 0 Å². The fourth-order valence-electron chi connectivity index (χ4n) is 0.683. The van der Waals surface area contributed by atoms with Crippen molar-refractivity contribution in [2.75, 3.05) is 11.6 Å². The zero-order valence-corrected chi connectivity index (χ0v) is 6.13. The maximum absolute atomic E-state index is 5.56. The maximum Gasteiger partial charge on any atom is 0.317 e. The molecule has 0 aliphatic heterocycles. The standard InChI is InChI=1S/C6H10N4/c1-4-3-9-5(2)6(7)10(4)8/h3,7H,8H2,1-2H3/p+1. The first-order valence-electron chi connectivity index (χ1n) is 3.01. The van der Waals surface area contributed by atoms with Gasteiger partial charge in [0.1, 0.15) is 11.4 Å². The minimum absolute atomic E-state index is 0.514. The van der Waals surface area contributed by atoms with E-state index in [0.29, 0.717) is 5.82 Å². The highest BCUT2D eigenvalue weighted by Gasteiger charge is 2.07. The summed E-state index contributed by atoms with van der Waals surface area (Å²) in [6, 6.07) is 0. The molecular formula is C6H11N4+. The number of hydrogen-bond donors (Lipinski definition) is 2. The van der Waals surface area contributed by atoms with Crippen LogP contribution in [-0.4, -0.2) is 4.98 Å². The van der Waals surface area contributed by atoms with Gasteiger partial charge in [0.05, 0.1) is 6.20 Å². The van der Waals surface area contributed by atoms with Crippen molar-refractivity contribution in [3.8, 4) is 0 Å². The molecule has 0 saturated heterocycles. The van der Waals surface area contributed by atoms with Crippen molar-refractivity contribution in [2.45, 2.75) is 13.8 Å². The number of nitrogens with two attached hydrogens (primary N) is 2. The lowest BCUT2D eigenvalue weighted by Gasteiger charge is -1.99. The lowest BCUT2D eigenvalue weighted by molar-refractivity contribution is -0.631. The second-order valence-corrected chi connectivity index (χ2v) is 2.24. The number of rotatable bonds is 0. The lowest BCUT2D eigenvalue weighted by atomic mass is 10.4. The SMILES string of the molecule is Cc1ncc(C)[n+](N)c1N. The van der Waals surface area contributed by atoms with Crippen LogP contribution in [0.1, 0.15) is 11.4 Å². The molecule has 1 aromatic rings. The summed E-state index contributed by atoms with van der Waals surface area (Å²) in [6.07, 6.45) is 1.69. The van der Waals surface area contributed by atoms with Crippen molar-refractivity contribution in [3.63, 3.8) is 0 Å². The summed E-state index contributed by atoms with van der Waals surface area (Å²) in [5.74, 6) is 6.05. The Kier molecular flexibility index (Phi) is 1.45. The van der Waals surface area contributed by atoms with E-state index in [9.17, 15) is 0 Å².